The molecule has 0 amide bonds. The molecule has 4 nitrogen and oxygen atoms in total. The third kappa shape index (κ3) is 5.22. The first-order chi connectivity index (χ1) is 13.1. The zero-order valence-electron chi connectivity index (χ0n) is 15.6. The zero-order chi connectivity index (χ0) is 19.2. The standard InChI is InChI=1S/C22H25NO3S/c1-15(2)22-23-20(14-26-22)16-5-9-18(10-6-16)27-19-11-7-17(8-12-19)21(25)4-3-13-24/h5-12,14-15,21,24-25H,3-4,13H2,1-2H3. The van der Waals surface area contributed by atoms with Crippen LogP contribution in [0.25, 0.3) is 11.3 Å². The van der Waals surface area contributed by atoms with Crippen LogP contribution in [0.15, 0.2) is 69.0 Å². The number of benzene rings is 2. The van der Waals surface area contributed by atoms with Crippen molar-refractivity contribution in [1.82, 2.24) is 4.98 Å². The fraction of sp³-hybridized carbons (Fsp3) is 0.318. The van der Waals surface area contributed by atoms with E-state index in [0.29, 0.717) is 12.8 Å². The second kappa shape index (κ2) is 9.22. The van der Waals surface area contributed by atoms with Crippen LogP contribution in [-0.2, 0) is 0 Å². The average molecular weight is 384 g/mol. The summed E-state index contributed by atoms with van der Waals surface area (Å²) in [6.45, 7) is 4.23. The fourth-order valence-corrected chi connectivity index (χ4v) is 3.54. The molecule has 0 saturated carbocycles. The summed E-state index contributed by atoms with van der Waals surface area (Å²) in [7, 11) is 0. The van der Waals surface area contributed by atoms with E-state index in [9.17, 15) is 5.11 Å². The molecule has 0 spiro atoms. The molecule has 3 rings (SSSR count). The number of oxazole rings is 1. The third-order valence-corrected chi connectivity index (χ3v) is 5.32. The number of nitrogens with zero attached hydrogens (tertiary/aromatic N) is 1. The Bertz CT molecular complexity index is 841. The van der Waals surface area contributed by atoms with Crippen LogP contribution >= 0.6 is 11.8 Å². The summed E-state index contributed by atoms with van der Waals surface area (Å²) >= 11 is 1.67. The molecule has 0 radical (unpaired) electrons. The average Bonchev–Trinajstić information content (AvgIpc) is 3.18. The smallest absolute Gasteiger partial charge is 0.197 e. The van der Waals surface area contributed by atoms with Gasteiger partial charge >= 0.3 is 0 Å². The first-order valence-electron chi connectivity index (χ1n) is 9.19. The maximum atomic E-state index is 10.1. The summed E-state index contributed by atoms with van der Waals surface area (Å²) in [6, 6.07) is 16.2. The molecule has 0 bridgehead atoms. The molecule has 142 valence electrons. The lowest BCUT2D eigenvalue weighted by Crippen LogP contribution is -1.98. The fourth-order valence-electron chi connectivity index (χ4n) is 2.72. The highest BCUT2D eigenvalue weighted by Crippen LogP contribution is 2.31. The molecule has 1 unspecified atom stereocenters. The summed E-state index contributed by atoms with van der Waals surface area (Å²) < 4.78 is 5.51. The lowest BCUT2D eigenvalue weighted by Gasteiger charge is -2.11. The van der Waals surface area contributed by atoms with Gasteiger partial charge in [-0.3, -0.25) is 0 Å². The first-order valence-corrected chi connectivity index (χ1v) is 10.0. The van der Waals surface area contributed by atoms with Crippen molar-refractivity contribution >= 4 is 11.8 Å². The molecule has 0 aliphatic rings. The van der Waals surface area contributed by atoms with Crippen LogP contribution in [0, 0.1) is 0 Å². The summed E-state index contributed by atoms with van der Waals surface area (Å²) in [4.78, 5) is 6.78. The van der Waals surface area contributed by atoms with Gasteiger partial charge in [-0.05, 0) is 42.7 Å². The van der Waals surface area contributed by atoms with E-state index < -0.39 is 6.10 Å². The van der Waals surface area contributed by atoms with Crippen molar-refractivity contribution in [1.29, 1.82) is 0 Å². The Labute approximate surface area is 164 Å². The van der Waals surface area contributed by atoms with E-state index in [4.69, 9.17) is 9.52 Å². The zero-order valence-corrected chi connectivity index (χ0v) is 16.4. The number of hydrogen-bond acceptors (Lipinski definition) is 5. The molecule has 2 aromatic carbocycles. The number of aromatic nitrogens is 1. The second-order valence-electron chi connectivity index (χ2n) is 6.80. The Morgan fingerprint density at radius 3 is 2.19 bits per heavy atom. The second-order valence-corrected chi connectivity index (χ2v) is 7.95. The van der Waals surface area contributed by atoms with Gasteiger partial charge in [0.1, 0.15) is 12.0 Å². The van der Waals surface area contributed by atoms with Crippen molar-refractivity contribution in [2.45, 2.75) is 48.5 Å². The molecule has 0 aliphatic heterocycles. The molecule has 1 aromatic heterocycles. The SMILES string of the molecule is CC(C)c1nc(-c2ccc(Sc3ccc(C(O)CCCO)cc3)cc2)co1. The quantitative estimate of drug-likeness (QED) is 0.543. The van der Waals surface area contributed by atoms with Crippen molar-refractivity contribution in [3.63, 3.8) is 0 Å². The lowest BCUT2D eigenvalue weighted by atomic mass is 10.1. The van der Waals surface area contributed by atoms with Crippen LogP contribution in [0.1, 0.15) is 50.2 Å². The van der Waals surface area contributed by atoms with Crippen LogP contribution in [0.5, 0.6) is 0 Å². The maximum Gasteiger partial charge on any atom is 0.197 e. The Hall–Kier alpha value is -2.08. The van der Waals surface area contributed by atoms with Gasteiger partial charge in [-0.25, -0.2) is 4.98 Å². The Balaban J connectivity index is 1.64. The third-order valence-electron chi connectivity index (χ3n) is 4.30. The van der Waals surface area contributed by atoms with Crippen LogP contribution in [-0.4, -0.2) is 21.8 Å². The summed E-state index contributed by atoms with van der Waals surface area (Å²) in [5.41, 5.74) is 2.78. The van der Waals surface area contributed by atoms with E-state index >= 15 is 0 Å². The van der Waals surface area contributed by atoms with Gasteiger partial charge in [0.2, 0.25) is 0 Å². The van der Waals surface area contributed by atoms with Crippen molar-refractivity contribution in [2.75, 3.05) is 6.61 Å². The Kier molecular flexibility index (Phi) is 6.72. The van der Waals surface area contributed by atoms with Crippen molar-refractivity contribution in [2.24, 2.45) is 0 Å². The monoisotopic (exact) mass is 383 g/mol. The van der Waals surface area contributed by atoms with Crippen molar-refractivity contribution in [3.05, 3.63) is 66.2 Å². The van der Waals surface area contributed by atoms with Crippen molar-refractivity contribution < 1.29 is 14.6 Å². The maximum absolute atomic E-state index is 10.1. The van der Waals surface area contributed by atoms with E-state index in [-0.39, 0.29) is 12.5 Å². The molecule has 1 heterocycles. The summed E-state index contributed by atoms with van der Waals surface area (Å²) in [5, 5.41) is 18.9. The number of aliphatic hydroxyl groups is 2. The lowest BCUT2D eigenvalue weighted by molar-refractivity contribution is 0.152. The molecule has 27 heavy (non-hydrogen) atoms. The normalized spacial score (nSPS) is 12.5. The van der Waals surface area contributed by atoms with Crippen LogP contribution in [0.4, 0.5) is 0 Å². The van der Waals surface area contributed by atoms with Gasteiger partial charge in [-0.15, -0.1) is 0 Å². The highest BCUT2D eigenvalue weighted by molar-refractivity contribution is 7.99. The number of rotatable bonds is 8. The number of hydrogen-bond donors (Lipinski definition) is 2. The molecular formula is C22H25NO3S. The molecule has 2 N–H and O–H groups in total. The van der Waals surface area contributed by atoms with Gasteiger partial charge in [-0.2, -0.15) is 0 Å². The highest BCUT2D eigenvalue weighted by atomic mass is 32.2. The highest BCUT2D eigenvalue weighted by Gasteiger charge is 2.10. The summed E-state index contributed by atoms with van der Waals surface area (Å²) in [5.74, 6) is 1.03. The van der Waals surface area contributed by atoms with Crippen LogP contribution in [0.3, 0.4) is 0 Å². The largest absolute Gasteiger partial charge is 0.448 e. The van der Waals surface area contributed by atoms with E-state index in [2.05, 4.69) is 43.1 Å². The van der Waals surface area contributed by atoms with Gasteiger partial charge in [0.25, 0.3) is 0 Å². The molecular weight excluding hydrogens is 358 g/mol. The van der Waals surface area contributed by atoms with E-state index in [1.165, 1.54) is 0 Å². The minimum absolute atomic E-state index is 0.105. The molecule has 3 aromatic rings. The van der Waals surface area contributed by atoms with E-state index in [1.807, 2.05) is 24.3 Å². The Morgan fingerprint density at radius 1 is 1.00 bits per heavy atom. The molecule has 0 saturated heterocycles. The van der Waals surface area contributed by atoms with Gasteiger partial charge < -0.3 is 14.6 Å². The minimum Gasteiger partial charge on any atom is -0.448 e. The van der Waals surface area contributed by atoms with E-state index in [0.717, 1.165) is 32.5 Å². The first kappa shape index (κ1) is 19.7. The van der Waals surface area contributed by atoms with Gasteiger partial charge in [0, 0.05) is 27.9 Å². The molecule has 1 atom stereocenters. The predicted molar refractivity (Wildman–Crippen MR) is 108 cm³/mol. The predicted octanol–water partition coefficient (Wildman–Crippen LogP) is 5.42. The molecule has 5 heteroatoms. The van der Waals surface area contributed by atoms with Gasteiger partial charge in [0.05, 0.1) is 6.10 Å². The molecule has 0 aliphatic carbocycles. The topological polar surface area (TPSA) is 66.5 Å². The van der Waals surface area contributed by atoms with Crippen LogP contribution < -0.4 is 0 Å². The van der Waals surface area contributed by atoms with Gasteiger partial charge in [0.15, 0.2) is 5.89 Å². The van der Waals surface area contributed by atoms with E-state index in [1.54, 1.807) is 18.0 Å². The van der Waals surface area contributed by atoms with Crippen LogP contribution in [0.2, 0.25) is 0 Å². The molecule has 0 fully saturated rings. The summed E-state index contributed by atoms with van der Waals surface area (Å²) in [6.07, 6.45) is 2.37. The Morgan fingerprint density at radius 2 is 1.63 bits per heavy atom. The minimum atomic E-state index is -0.520. The van der Waals surface area contributed by atoms with Gasteiger partial charge in [-0.1, -0.05) is 49.9 Å². The van der Waals surface area contributed by atoms with Crippen molar-refractivity contribution in [3.8, 4) is 11.3 Å². The number of aliphatic hydroxyl groups excluding tert-OH is 2.